The molecular formula is C22H29NO4. The van der Waals surface area contributed by atoms with Crippen LogP contribution in [0.1, 0.15) is 39.0 Å². The van der Waals surface area contributed by atoms with Crippen molar-refractivity contribution in [2.75, 3.05) is 20.2 Å². The molecule has 27 heavy (non-hydrogen) atoms. The number of ether oxygens (including phenoxy) is 1. The van der Waals surface area contributed by atoms with Crippen LogP contribution in [0.2, 0.25) is 0 Å². The second-order valence-corrected chi connectivity index (χ2v) is 9.96. The lowest BCUT2D eigenvalue weighted by Gasteiger charge is -2.65. The lowest BCUT2D eigenvalue weighted by molar-refractivity contribution is -0.284. The van der Waals surface area contributed by atoms with Crippen molar-refractivity contribution in [2.24, 2.45) is 35.0 Å². The van der Waals surface area contributed by atoms with Crippen LogP contribution < -0.4 is 0 Å². The van der Waals surface area contributed by atoms with Gasteiger partial charge in [0, 0.05) is 24.9 Å². The lowest BCUT2D eigenvalue weighted by Crippen LogP contribution is -2.76. The van der Waals surface area contributed by atoms with Crippen LogP contribution in [0.25, 0.3) is 0 Å². The first-order chi connectivity index (χ1) is 12.9. The number of nitrogens with zero attached hydrogens (tertiary/aromatic N) is 1. The molecule has 0 aromatic heterocycles. The van der Waals surface area contributed by atoms with E-state index in [1.807, 2.05) is 6.08 Å². The van der Waals surface area contributed by atoms with E-state index >= 15 is 0 Å². The van der Waals surface area contributed by atoms with E-state index in [0.29, 0.717) is 12.3 Å². The molecule has 2 saturated heterocycles. The normalized spacial score (nSPS) is 54.9. The van der Waals surface area contributed by atoms with Crippen LogP contribution >= 0.6 is 0 Å². The van der Waals surface area contributed by atoms with Crippen LogP contribution in [-0.2, 0) is 9.53 Å². The molecule has 4 aliphatic carbocycles. The van der Waals surface area contributed by atoms with Crippen LogP contribution in [0.15, 0.2) is 23.3 Å². The quantitative estimate of drug-likeness (QED) is 0.544. The Kier molecular flexibility index (Phi) is 3.02. The van der Waals surface area contributed by atoms with Crippen LogP contribution in [-0.4, -0.2) is 52.6 Å². The minimum Gasteiger partial charge on any atom is -0.469 e. The average Bonchev–Trinajstić information content (AvgIpc) is 3.26. The fraction of sp³-hybridized carbons (Fsp3) is 0.773. The Morgan fingerprint density at radius 1 is 1.26 bits per heavy atom. The maximum absolute atomic E-state index is 12.7. The number of carbonyl (C=O) groups excluding carboxylic acids is 1. The number of allylic oxidation sites excluding steroid dienone is 1. The molecule has 2 N–H and O–H groups in total. The van der Waals surface area contributed by atoms with Crippen LogP contribution in [0.3, 0.4) is 0 Å². The first-order valence-electron chi connectivity index (χ1n) is 10.6. The van der Waals surface area contributed by atoms with Crippen molar-refractivity contribution in [3.05, 3.63) is 23.3 Å². The topological polar surface area (TPSA) is 70.0 Å². The summed E-state index contributed by atoms with van der Waals surface area (Å²) < 4.78 is 5.18. The zero-order chi connectivity index (χ0) is 18.8. The molecule has 1 saturated carbocycles. The smallest absolute Gasteiger partial charge is 0.309 e. The van der Waals surface area contributed by atoms with Crippen LogP contribution in [0.4, 0.5) is 0 Å². The second kappa shape index (κ2) is 4.87. The van der Waals surface area contributed by atoms with Crippen molar-refractivity contribution < 1.29 is 19.7 Å². The van der Waals surface area contributed by atoms with Gasteiger partial charge in [0.15, 0.2) is 0 Å². The Labute approximate surface area is 160 Å². The Bertz CT molecular complexity index is 804. The Balaban J connectivity index is 1.67. The number of methoxy groups -OCH3 is 1. The summed E-state index contributed by atoms with van der Waals surface area (Å²) in [5.41, 5.74) is -0.280. The zero-order valence-electron chi connectivity index (χ0n) is 16.1. The van der Waals surface area contributed by atoms with E-state index in [1.165, 1.54) is 18.3 Å². The third kappa shape index (κ3) is 1.53. The highest BCUT2D eigenvalue weighted by atomic mass is 16.5. The van der Waals surface area contributed by atoms with Gasteiger partial charge in [-0.2, -0.15) is 0 Å². The maximum atomic E-state index is 12.7. The standard InChI is InChI=1S/C22H29NO4/c1-12-10-23-11-14-5-3-13-4-6-15-16(19(24)27-2)9-20(18(13)15)21(14,25)8-7-17(12)22(20,23)26/h7-8,12,14-17,25-26H,3-6,9-11H2,1-2H3/t12-,14-,15-,16-,17-,20-,21-,22+/m1/s1. The van der Waals surface area contributed by atoms with E-state index in [0.717, 1.165) is 38.8 Å². The molecule has 8 atom stereocenters. The summed E-state index contributed by atoms with van der Waals surface area (Å²) in [6.45, 7) is 3.81. The van der Waals surface area contributed by atoms with Gasteiger partial charge < -0.3 is 14.9 Å². The molecule has 1 spiro atoms. The fourth-order valence-electron chi connectivity index (χ4n) is 8.40. The van der Waals surface area contributed by atoms with Crippen molar-refractivity contribution in [1.82, 2.24) is 4.90 Å². The van der Waals surface area contributed by atoms with E-state index < -0.39 is 16.7 Å². The van der Waals surface area contributed by atoms with Crippen LogP contribution in [0, 0.1) is 35.0 Å². The number of hydrogen-bond donors (Lipinski definition) is 2. The summed E-state index contributed by atoms with van der Waals surface area (Å²) in [6.07, 6.45) is 8.53. The predicted molar refractivity (Wildman–Crippen MR) is 98.3 cm³/mol. The lowest BCUT2D eigenvalue weighted by atomic mass is 9.49. The number of carbonyl (C=O) groups is 1. The summed E-state index contributed by atoms with van der Waals surface area (Å²) in [7, 11) is 1.46. The monoisotopic (exact) mass is 371 g/mol. The van der Waals surface area contributed by atoms with E-state index in [4.69, 9.17) is 4.74 Å². The molecule has 0 aromatic rings. The maximum Gasteiger partial charge on any atom is 0.309 e. The van der Waals surface area contributed by atoms with Gasteiger partial charge in [-0.05, 0) is 43.9 Å². The highest BCUT2D eigenvalue weighted by molar-refractivity contribution is 5.75. The molecule has 2 heterocycles. The highest BCUT2D eigenvalue weighted by Gasteiger charge is 2.80. The van der Waals surface area contributed by atoms with Crippen molar-refractivity contribution in [3.63, 3.8) is 0 Å². The second-order valence-electron chi connectivity index (χ2n) is 9.96. The van der Waals surface area contributed by atoms with E-state index in [-0.39, 0.29) is 29.6 Å². The van der Waals surface area contributed by atoms with E-state index in [9.17, 15) is 15.0 Å². The Morgan fingerprint density at radius 3 is 2.81 bits per heavy atom. The van der Waals surface area contributed by atoms with Gasteiger partial charge in [-0.25, -0.2) is 0 Å². The number of rotatable bonds is 1. The first kappa shape index (κ1) is 16.8. The zero-order valence-corrected chi connectivity index (χ0v) is 16.1. The van der Waals surface area contributed by atoms with Crippen molar-refractivity contribution >= 4 is 5.97 Å². The minimum absolute atomic E-state index is 0.00298. The largest absolute Gasteiger partial charge is 0.469 e. The molecule has 5 heteroatoms. The Hall–Kier alpha value is -1.17. The average molecular weight is 371 g/mol. The van der Waals surface area contributed by atoms with E-state index in [1.54, 1.807) is 0 Å². The van der Waals surface area contributed by atoms with Gasteiger partial charge in [-0.3, -0.25) is 9.69 Å². The molecule has 4 bridgehead atoms. The van der Waals surface area contributed by atoms with Crippen molar-refractivity contribution in [1.29, 1.82) is 0 Å². The SMILES string of the molecule is COC(=O)[C@@H]1C[C@@]23C4=C(CC[C@@H]5CN6C[C@@H](C)[C@@H](C=C[C@@]52O)[C@@]63O)CC[C@@H]41. The molecule has 0 aromatic carbocycles. The molecule has 146 valence electrons. The predicted octanol–water partition coefficient (Wildman–Crippen LogP) is 1.85. The van der Waals surface area contributed by atoms with Crippen LogP contribution in [0.5, 0.6) is 0 Å². The molecule has 0 amide bonds. The highest BCUT2D eigenvalue weighted by Crippen LogP contribution is 2.75. The van der Waals surface area contributed by atoms with Gasteiger partial charge in [0.2, 0.25) is 0 Å². The third-order valence-corrected chi connectivity index (χ3v) is 9.28. The molecule has 2 aliphatic heterocycles. The molecular weight excluding hydrogens is 342 g/mol. The number of aliphatic hydroxyl groups is 2. The summed E-state index contributed by atoms with van der Waals surface area (Å²) in [6, 6.07) is 0. The molecule has 0 unspecified atom stereocenters. The summed E-state index contributed by atoms with van der Waals surface area (Å²) in [4.78, 5) is 15.0. The third-order valence-electron chi connectivity index (χ3n) is 9.28. The molecule has 6 aliphatic rings. The van der Waals surface area contributed by atoms with Crippen molar-refractivity contribution in [3.8, 4) is 0 Å². The first-order valence-corrected chi connectivity index (χ1v) is 10.6. The molecule has 0 radical (unpaired) electrons. The van der Waals surface area contributed by atoms with Gasteiger partial charge in [-0.1, -0.05) is 30.2 Å². The van der Waals surface area contributed by atoms with Gasteiger partial charge in [-0.15, -0.1) is 0 Å². The van der Waals surface area contributed by atoms with Crippen molar-refractivity contribution in [2.45, 2.75) is 50.4 Å². The summed E-state index contributed by atoms with van der Waals surface area (Å²) >= 11 is 0. The van der Waals surface area contributed by atoms with Gasteiger partial charge >= 0.3 is 5.97 Å². The molecule has 3 fully saturated rings. The summed E-state index contributed by atoms with van der Waals surface area (Å²) in [5, 5.41) is 24.6. The number of hydrogen-bond acceptors (Lipinski definition) is 5. The summed E-state index contributed by atoms with van der Waals surface area (Å²) in [5.74, 6) is 0.130. The minimum atomic E-state index is -1.09. The Morgan fingerprint density at radius 2 is 2.04 bits per heavy atom. The molecule has 5 nitrogen and oxygen atoms in total. The van der Waals surface area contributed by atoms with E-state index in [2.05, 4.69) is 17.9 Å². The van der Waals surface area contributed by atoms with Gasteiger partial charge in [0.25, 0.3) is 0 Å². The molecule has 6 rings (SSSR count). The van der Waals surface area contributed by atoms with Gasteiger partial charge in [0.1, 0.15) is 11.3 Å². The number of esters is 1. The van der Waals surface area contributed by atoms with Gasteiger partial charge in [0.05, 0.1) is 18.4 Å². The number of piperidine rings is 1. The fourth-order valence-corrected chi connectivity index (χ4v) is 8.40.